The highest BCUT2D eigenvalue weighted by atomic mass is 35.5. The van der Waals surface area contributed by atoms with E-state index in [0.29, 0.717) is 20.9 Å². The highest BCUT2D eigenvalue weighted by Crippen LogP contribution is 2.36. The second-order valence-electron chi connectivity index (χ2n) is 4.07. The first-order valence-electron chi connectivity index (χ1n) is 5.55. The monoisotopic (exact) mass is 331 g/mol. The van der Waals surface area contributed by atoms with E-state index < -0.39 is 12.0 Å². The Kier molecular flexibility index (Phi) is 4.49. The molecule has 0 spiro atoms. The Morgan fingerprint density at radius 1 is 1.50 bits per heavy atom. The van der Waals surface area contributed by atoms with E-state index in [2.05, 4.69) is 10.3 Å². The van der Waals surface area contributed by atoms with Gasteiger partial charge in [0, 0.05) is 5.38 Å². The third-order valence-corrected chi connectivity index (χ3v) is 4.20. The van der Waals surface area contributed by atoms with Gasteiger partial charge in [-0.05, 0) is 18.6 Å². The zero-order valence-electron chi connectivity index (χ0n) is 10.4. The summed E-state index contributed by atoms with van der Waals surface area (Å²) >= 11 is 13.5. The number of nitrogens with two attached hydrogens (primary N) is 1. The molecule has 1 aromatic heterocycles. The van der Waals surface area contributed by atoms with Crippen molar-refractivity contribution in [1.82, 2.24) is 4.98 Å². The molecule has 0 aliphatic heterocycles. The molecule has 0 aliphatic rings. The third kappa shape index (κ3) is 3.04. The molecule has 1 unspecified atom stereocenters. The average molecular weight is 332 g/mol. The number of halogens is 2. The van der Waals surface area contributed by atoms with Crippen molar-refractivity contribution in [2.45, 2.75) is 13.0 Å². The van der Waals surface area contributed by atoms with Gasteiger partial charge in [-0.15, -0.1) is 11.3 Å². The van der Waals surface area contributed by atoms with Crippen LogP contribution in [0.4, 0.5) is 10.8 Å². The minimum atomic E-state index is -1.15. The number of benzene rings is 1. The molecule has 2 aromatic rings. The molecule has 8 heteroatoms. The summed E-state index contributed by atoms with van der Waals surface area (Å²) in [7, 11) is 0. The van der Waals surface area contributed by atoms with Crippen LogP contribution in [0.1, 0.15) is 17.3 Å². The highest BCUT2D eigenvalue weighted by Gasteiger charge is 2.18. The van der Waals surface area contributed by atoms with Gasteiger partial charge in [-0.2, -0.15) is 0 Å². The Balaban J connectivity index is 2.28. The predicted molar refractivity (Wildman–Crippen MR) is 81.2 cm³/mol. The van der Waals surface area contributed by atoms with Crippen LogP contribution in [-0.2, 0) is 4.79 Å². The molecule has 1 aromatic carbocycles. The van der Waals surface area contributed by atoms with Gasteiger partial charge in [-0.1, -0.05) is 29.3 Å². The molecule has 0 saturated heterocycles. The first kappa shape index (κ1) is 15.1. The quantitative estimate of drug-likeness (QED) is 0.796. The number of carboxylic acid groups (broad SMARTS) is 1. The van der Waals surface area contributed by atoms with Gasteiger partial charge in [0.25, 0.3) is 0 Å². The Morgan fingerprint density at radius 3 is 2.85 bits per heavy atom. The van der Waals surface area contributed by atoms with Crippen LogP contribution >= 0.6 is 34.5 Å². The van der Waals surface area contributed by atoms with Gasteiger partial charge in [0.1, 0.15) is 6.04 Å². The third-order valence-electron chi connectivity index (χ3n) is 2.62. The van der Waals surface area contributed by atoms with Crippen LogP contribution in [0.2, 0.25) is 10.0 Å². The van der Waals surface area contributed by atoms with Crippen LogP contribution in [-0.4, -0.2) is 16.1 Å². The molecule has 0 saturated carbocycles. The van der Waals surface area contributed by atoms with Gasteiger partial charge in [0.15, 0.2) is 5.13 Å². The van der Waals surface area contributed by atoms with Crippen molar-refractivity contribution in [3.63, 3.8) is 0 Å². The molecule has 0 fully saturated rings. The maximum atomic E-state index is 10.8. The Hall–Kier alpha value is -1.34. The molecular formula is C12H11Cl2N3O2S. The molecule has 0 amide bonds. The van der Waals surface area contributed by atoms with Crippen molar-refractivity contribution in [3.05, 3.63) is 38.8 Å². The van der Waals surface area contributed by atoms with E-state index in [-0.39, 0.29) is 5.69 Å². The minimum Gasteiger partial charge on any atom is -0.480 e. The molecule has 0 aliphatic carbocycles. The second kappa shape index (κ2) is 5.97. The van der Waals surface area contributed by atoms with Gasteiger partial charge in [0.05, 0.1) is 21.4 Å². The van der Waals surface area contributed by atoms with Crippen LogP contribution in [0.3, 0.4) is 0 Å². The number of aryl methyl sites for hydroxylation is 1. The normalized spacial score (nSPS) is 12.2. The molecule has 0 radical (unpaired) electrons. The van der Waals surface area contributed by atoms with Gasteiger partial charge < -0.3 is 16.2 Å². The van der Waals surface area contributed by atoms with E-state index in [4.69, 9.17) is 34.0 Å². The molecule has 0 bridgehead atoms. The fourth-order valence-corrected chi connectivity index (χ4v) is 2.71. The maximum Gasteiger partial charge on any atom is 0.326 e. The van der Waals surface area contributed by atoms with Gasteiger partial charge in [0.2, 0.25) is 0 Å². The molecule has 1 heterocycles. The number of anilines is 2. The summed E-state index contributed by atoms with van der Waals surface area (Å²) in [5, 5.41) is 14.8. The zero-order chi connectivity index (χ0) is 14.9. The SMILES string of the molecule is Cc1ccc(Cl)c(Nc2nc(C(N)C(=O)O)cs2)c1Cl. The topological polar surface area (TPSA) is 88.2 Å². The first-order valence-corrected chi connectivity index (χ1v) is 7.19. The Bertz CT molecular complexity index is 660. The Labute approximate surface area is 129 Å². The molecule has 106 valence electrons. The van der Waals surface area contributed by atoms with Crippen LogP contribution in [0.5, 0.6) is 0 Å². The fraction of sp³-hybridized carbons (Fsp3) is 0.167. The number of aliphatic carboxylic acids is 1. The summed E-state index contributed by atoms with van der Waals surface area (Å²) in [5.74, 6) is -1.13. The summed E-state index contributed by atoms with van der Waals surface area (Å²) < 4.78 is 0. The predicted octanol–water partition coefficient (Wildman–Crippen LogP) is 3.59. The van der Waals surface area contributed by atoms with E-state index in [1.54, 1.807) is 11.4 Å². The number of aromatic nitrogens is 1. The molecule has 2 rings (SSSR count). The van der Waals surface area contributed by atoms with Crippen LogP contribution < -0.4 is 11.1 Å². The van der Waals surface area contributed by atoms with Crippen LogP contribution in [0, 0.1) is 6.92 Å². The van der Waals surface area contributed by atoms with Crippen molar-refractivity contribution < 1.29 is 9.90 Å². The zero-order valence-corrected chi connectivity index (χ0v) is 12.7. The first-order chi connectivity index (χ1) is 9.40. The standard InChI is InChI=1S/C12H11Cl2N3O2S/c1-5-2-3-6(13)10(8(5)14)17-12-16-7(4-20-12)9(15)11(18)19/h2-4,9H,15H2,1H3,(H,16,17)(H,18,19). The number of carboxylic acids is 1. The van der Waals surface area contributed by atoms with Gasteiger partial charge in [-0.3, -0.25) is 4.79 Å². The van der Waals surface area contributed by atoms with Crippen molar-refractivity contribution in [2.24, 2.45) is 5.73 Å². The van der Waals surface area contributed by atoms with E-state index in [9.17, 15) is 4.79 Å². The van der Waals surface area contributed by atoms with E-state index in [1.165, 1.54) is 11.3 Å². The van der Waals surface area contributed by atoms with Crippen molar-refractivity contribution in [2.75, 3.05) is 5.32 Å². The summed E-state index contributed by atoms with van der Waals surface area (Å²) in [6.07, 6.45) is 0. The van der Waals surface area contributed by atoms with Crippen molar-refractivity contribution in [1.29, 1.82) is 0 Å². The van der Waals surface area contributed by atoms with E-state index >= 15 is 0 Å². The van der Waals surface area contributed by atoms with Gasteiger partial charge in [-0.25, -0.2) is 4.98 Å². The number of rotatable bonds is 4. The molecular weight excluding hydrogens is 321 g/mol. The maximum absolute atomic E-state index is 10.8. The van der Waals surface area contributed by atoms with E-state index in [0.717, 1.165) is 5.56 Å². The summed E-state index contributed by atoms with van der Waals surface area (Å²) in [6.45, 7) is 1.86. The fourth-order valence-electron chi connectivity index (χ4n) is 1.49. The number of thiazole rings is 1. The van der Waals surface area contributed by atoms with Crippen LogP contribution in [0.15, 0.2) is 17.5 Å². The summed E-state index contributed by atoms with van der Waals surface area (Å²) in [4.78, 5) is 14.9. The highest BCUT2D eigenvalue weighted by molar-refractivity contribution is 7.13. The average Bonchev–Trinajstić information content (AvgIpc) is 2.86. The van der Waals surface area contributed by atoms with Crippen LogP contribution in [0.25, 0.3) is 0 Å². The Morgan fingerprint density at radius 2 is 2.20 bits per heavy atom. The lowest BCUT2D eigenvalue weighted by molar-refractivity contribution is -0.138. The lowest BCUT2D eigenvalue weighted by Crippen LogP contribution is -2.20. The summed E-state index contributed by atoms with van der Waals surface area (Å²) in [6, 6.07) is 2.39. The molecule has 5 nitrogen and oxygen atoms in total. The molecule has 4 N–H and O–H groups in total. The van der Waals surface area contributed by atoms with Crippen molar-refractivity contribution in [3.8, 4) is 0 Å². The lowest BCUT2D eigenvalue weighted by atomic mass is 10.2. The van der Waals surface area contributed by atoms with Crippen molar-refractivity contribution >= 4 is 51.3 Å². The van der Waals surface area contributed by atoms with Gasteiger partial charge >= 0.3 is 5.97 Å². The minimum absolute atomic E-state index is 0.282. The van der Waals surface area contributed by atoms with E-state index in [1.807, 2.05) is 13.0 Å². The molecule has 20 heavy (non-hydrogen) atoms. The second-order valence-corrected chi connectivity index (χ2v) is 5.71. The molecule has 1 atom stereocenters. The summed E-state index contributed by atoms with van der Waals surface area (Å²) in [5.41, 5.74) is 7.19. The number of carbonyl (C=O) groups is 1. The number of hydrogen-bond donors (Lipinski definition) is 3. The number of nitrogens with zero attached hydrogens (tertiary/aromatic N) is 1. The number of hydrogen-bond acceptors (Lipinski definition) is 5. The number of nitrogens with one attached hydrogen (secondary N) is 1. The largest absolute Gasteiger partial charge is 0.480 e. The lowest BCUT2D eigenvalue weighted by Gasteiger charge is -2.09. The smallest absolute Gasteiger partial charge is 0.326 e.